The highest BCUT2D eigenvalue weighted by atomic mass is 16.3. The van der Waals surface area contributed by atoms with E-state index in [0.717, 1.165) is 10.9 Å². The molecular weight excluding hydrogens is 268 g/mol. The van der Waals surface area contributed by atoms with E-state index in [1.54, 1.807) is 12.1 Å². The molecule has 3 N–H and O–H groups in total. The monoisotopic (exact) mass is 282 g/mol. The van der Waals surface area contributed by atoms with Crippen LogP contribution >= 0.6 is 0 Å². The highest BCUT2D eigenvalue weighted by Crippen LogP contribution is 2.35. The number of aliphatic hydroxyl groups excluding tert-OH is 1. The lowest BCUT2D eigenvalue weighted by molar-refractivity contribution is 0.343. The van der Waals surface area contributed by atoms with Crippen LogP contribution in [0.4, 0.5) is 0 Å². The minimum absolute atomic E-state index is 0.00351. The molecule has 0 atom stereocenters. The van der Waals surface area contributed by atoms with Gasteiger partial charge in [-0.2, -0.15) is 0 Å². The molecule has 0 fully saturated rings. The molecule has 0 saturated heterocycles. The number of phenols is 2. The maximum atomic E-state index is 9.88. The van der Waals surface area contributed by atoms with Crippen LogP contribution in [-0.4, -0.2) is 21.9 Å². The van der Waals surface area contributed by atoms with Crippen LogP contribution in [0.5, 0.6) is 11.5 Å². The normalized spacial score (nSPS) is 11.5. The molecule has 0 unspecified atom stereocenters. The van der Waals surface area contributed by atoms with E-state index in [4.69, 9.17) is 9.52 Å². The van der Waals surface area contributed by atoms with Crippen molar-refractivity contribution in [1.29, 1.82) is 0 Å². The number of hydrogen-bond donors (Lipinski definition) is 3. The van der Waals surface area contributed by atoms with Crippen LogP contribution in [0.25, 0.3) is 28.4 Å². The van der Waals surface area contributed by atoms with Crippen LogP contribution in [0.1, 0.15) is 5.56 Å². The molecule has 21 heavy (non-hydrogen) atoms. The van der Waals surface area contributed by atoms with Crippen molar-refractivity contribution in [3.63, 3.8) is 0 Å². The molecular formula is C17H14O4. The van der Waals surface area contributed by atoms with E-state index in [1.807, 2.05) is 30.3 Å². The minimum Gasteiger partial charge on any atom is -0.508 e. The molecule has 2 aromatic carbocycles. The Hall–Kier alpha value is -2.72. The van der Waals surface area contributed by atoms with Gasteiger partial charge in [0.25, 0.3) is 0 Å². The Morgan fingerprint density at radius 3 is 2.62 bits per heavy atom. The fourth-order valence-corrected chi connectivity index (χ4v) is 2.22. The maximum absolute atomic E-state index is 9.88. The first-order valence-corrected chi connectivity index (χ1v) is 6.51. The van der Waals surface area contributed by atoms with Crippen LogP contribution in [-0.2, 0) is 0 Å². The first-order valence-electron chi connectivity index (χ1n) is 6.51. The van der Waals surface area contributed by atoms with E-state index in [-0.39, 0.29) is 18.1 Å². The predicted molar refractivity (Wildman–Crippen MR) is 81.1 cm³/mol. The molecule has 4 nitrogen and oxygen atoms in total. The number of phenolic OH excluding ortho intramolecular Hbond substituents is 2. The van der Waals surface area contributed by atoms with Gasteiger partial charge in [0.15, 0.2) is 0 Å². The summed E-state index contributed by atoms with van der Waals surface area (Å²) in [5.74, 6) is 0.504. The summed E-state index contributed by atoms with van der Waals surface area (Å²) in [5, 5.41) is 28.9. The summed E-state index contributed by atoms with van der Waals surface area (Å²) in [4.78, 5) is 0. The van der Waals surface area contributed by atoms with Crippen LogP contribution in [0.15, 0.2) is 53.0 Å². The largest absolute Gasteiger partial charge is 0.508 e. The molecule has 1 aromatic heterocycles. The zero-order chi connectivity index (χ0) is 14.8. The molecule has 106 valence electrons. The van der Waals surface area contributed by atoms with Crippen LogP contribution < -0.4 is 0 Å². The van der Waals surface area contributed by atoms with Crippen molar-refractivity contribution in [1.82, 2.24) is 0 Å². The van der Waals surface area contributed by atoms with Crippen molar-refractivity contribution >= 4 is 17.0 Å². The van der Waals surface area contributed by atoms with Crippen molar-refractivity contribution in [3.05, 3.63) is 54.1 Å². The number of hydrogen-bond acceptors (Lipinski definition) is 4. The molecule has 0 saturated carbocycles. The summed E-state index contributed by atoms with van der Waals surface area (Å²) in [6.45, 7) is -0.00391. The number of fused-ring (bicyclic) bond motifs is 1. The van der Waals surface area contributed by atoms with Gasteiger partial charge in [-0.1, -0.05) is 18.2 Å². The van der Waals surface area contributed by atoms with Crippen molar-refractivity contribution in [2.24, 2.45) is 0 Å². The van der Waals surface area contributed by atoms with Crippen molar-refractivity contribution in [2.75, 3.05) is 6.61 Å². The Labute approximate surface area is 121 Å². The smallest absolute Gasteiger partial charge is 0.139 e. The van der Waals surface area contributed by atoms with Crippen LogP contribution in [0, 0.1) is 0 Å². The second kappa shape index (κ2) is 5.34. The Balaban J connectivity index is 2.06. The summed E-state index contributed by atoms with van der Waals surface area (Å²) < 4.78 is 5.72. The van der Waals surface area contributed by atoms with E-state index >= 15 is 0 Å². The Morgan fingerprint density at radius 2 is 1.86 bits per heavy atom. The first-order chi connectivity index (χ1) is 10.2. The van der Waals surface area contributed by atoms with Crippen molar-refractivity contribution in [2.45, 2.75) is 0 Å². The lowest BCUT2D eigenvalue weighted by atomic mass is 10.1. The third-order valence-electron chi connectivity index (χ3n) is 3.20. The van der Waals surface area contributed by atoms with Crippen molar-refractivity contribution < 1.29 is 19.7 Å². The average Bonchev–Trinajstić information content (AvgIpc) is 2.87. The summed E-state index contributed by atoms with van der Waals surface area (Å²) in [7, 11) is 0. The van der Waals surface area contributed by atoms with E-state index in [9.17, 15) is 10.2 Å². The molecule has 0 aliphatic carbocycles. The van der Waals surface area contributed by atoms with Gasteiger partial charge in [0.05, 0.1) is 12.2 Å². The van der Waals surface area contributed by atoms with E-state index in [2.05, 4.69) is 0 Å². The molecule has 0 spiro atoms. The number of aromatic hydroxyl groups is 2. The van der Waals surface area contributed by atoms with Gasteiger partial charge in [-0.05, 0) is 35.9 Å². The topological polar surface area (TPSA) is 73.8 Å². The number of benzene rings is 2. The third-order valence-corrected chi connectivity index (χ3v) is 3.20. The Bertz CT molecular complexity index is 815. The first kappa shape index (κ1) is 13.3. The van der Waals surface area contributed by atoms with Crippen LogP contribution in [0.3, 0.4) is 0 Å². The Morgan fingerprint density at radius 1 is 1.00 bits per heavy atom. The van der Waals surface area contributed by atoms with E-state index in [0.29, 0.717) is 16.9 Å². The third kappa shape index (κ3) is 2.61. The van der Waals surface area contributed by atoms with Gasteiger partial charge in [0.2, 0.25) is 0 Å². The quantitative estimate of drug-likeness (QED) is 0.687. The minimum atomic E-state index is -0.0329. The van der Waals surface area contributed by atoms with Gasteiger partial charge >= 0.3 is 0 Å². The molecule has 4 heteroatoms. The summed E-state index contributed by atoms with van der Waals surface area (Å²) in [5.41, 5.74) is 2.19. The highest BCUT2D eigenvalue weighted by Gasteiger charge is 2.11. The number of aliphatic hydroxyl groups is 1. The Kier molecular flexibility index (Phi) is 3.38. The van der Waals surface area contributed by atoms with Gasteiger partial charge in [-0.3, -0.25) is 0 Å². The fraction of sp³-hybridized carbons (Fsp3) is 0.0588. The molecule has 0 amide bonds. The lowest BCUT2D eigenvalue weighted by Gasteiger charge is -2.00. The highest BCUT2D eigenvalue weighted by molar-refractivity contribution is 5.86. The van der Waals surface area contributed by atoms with E-state index < -0.39 is 0 Å². The molecule has 3 rings (SSSR count). The second-order valence-electron chi connectivity index (χ2n) is 4.69. The summed E-state index contributed by atoms with van der Waals surface area (Å²) in [6, 6.07) is 11.9. The predicted octanol–water partition coefficient (Wildman–Crippen LogP) is 3.52. The van der Waals surface area contributed by atoms with Crippen LogP contribution in [0.2, 0.25) is 0 Å². The maximum Gasteiger partial charge on any atom is 0.139 e. The molecule has 0 aliphatic heterocycles. The number of furan rings is 1. The van der Waals surface area contributed by atoms with Gasteiger partial charge in [-0.25, -0.2) is 0 Å². The molecule has 3 aromatic rings. The standard InChI is InChI=1S/C17H14O4/c18-7-1-2-11-3-6-16-12(8-11)9-17(21-16)14-5-4-13(19)10-15(14)20/h1-6,8-10,18-20H,7H2/b2-1+. The molecule has 0 aliphatic rings. The summed E-state index contributed by atoms with van der Waals surface area (Å²) >= 11 is 0. The zero-order valence-corrected chi connectivity index (χ0v) is 11.2. The lowest BCUT2D eigenvalue weighted by Crippen LogP contribution is -1.75. The molecule has 1 heterocycles. The van der Waals surface area contributed by atoms with E-state index in [1.165, 1.54) is 12.1 Å². The molecule has 0 radical (unpaired) electrons. The SMILES string of the molecule is OC/C=C/c1ccc2oc(-c3ccc(O)cc3O)cc2c1. The second-order valence-corrected chi connectivity index (χ2v) is 4.69. The number of rotatable bonds is 3. The van der Waals surface area contributed by atoms with Gasteiger partial charge in [-0.15, -0.1) is 0 Å². The molecule has 0 bridgehead atoms. The average molecular weight is 282 g/mol. The van der Waals surface area contributed by atoms with Gasteiger partial charge < -0.3 is 19.7 Å². The summed E-state index contributed by atoms with van der Waals surface area (Å²) in [6.07, 6.45) is 3.48. The van der Waals surface area contributed by atoms with Crippen molar-refractivity contribution in [3.8, 4) is 22.8 Å². The zero-order valence-electron chi connectivity index (χ0n) is 11.2. The van der Waals surface area contributed by atoms with Gasteiger partial charge in [0.1, 0.15) is 22.8 Å². The van der Waals surface area contributed by atoms with Gasteiger partial charge in [0, 0.05) is 11.5 Å². The fourth-order valence-electron chi connectivity index (χ4n) is 2.22.